The van der Waals surface area contributed by atoms with Crippen molar-refractivity contribution in [3.63, 3.8) is 0 Å². The Morgan fingerprint density at radius 2 is 1.91 bits per heavy atom. The van der Waals surface area contributed by atoms with E-state index in [2.05, 4.69) is 15.5 Å². The Kier molecular flexibility index (Phi) is 4.60. The van der Waals surface area contributed by atoms with Crippen molar-refractivity contribution in [2.24, 2.45) is 5.10 Å². The number of carbonyl (C=O) groups excluding carboxylic acids is 1. The molecule has 7 heteroatoms. The third-order valence-corrected chi connectivity index (χ3v) is 3.88. The minimum atomic E-state index is -0.271. The second kappa shape index (κ2) is 6.81. The van der Waals surface area contributed by atoms with Crippen molar-refractivity contribution in [2.45, 2.75) is 6.54 Å². The standard InChI is InChI=1S/C16H12Cl2N4O/c17-12-4-3-5-13(18)11(12)8-20-21-16(23)9-22-10-19-14-6-1-2-7-15(14)22/h1-8,10H,9H2,(H,21,23)/b20-8+. The molecule has 1 amide bonds. The Balaban J connectivity index is 1.67. The van der Waals surface area contributed by atoms with E-state index in [0.717, 1.165) is 11.0 Å². The van der Waals surface area contributed by atoms with E-state index < -0.39 is 0 Å². The first kappa shape index (κ1) is 15.5. The lowest BCUT2D eigenvalue weighted by Crippen LogP contribution is -2.22. The van der Waals surface area contributed by atoms with Crippen LogP contribution in [0.3, 0.4) is 0 Å². The topological polar surface area (TPSA) is 59.3 Å². The summed E-state index contributed by atoms with van der Waals surface area (Å²) < 4.78 is 1.75. The van der Waals surface area contributed by atoms with Crippen LogP contribution in [0.2, 0.25) is 10.0 Å². The zero-order valence-electron chi connectivity index (χ0n) is 11.9. The van der Waals surface area contributed by atoms with E-state index in [4.69, 9.17) is 23.2 Å². The van der Waals surface area contributed by atoms with Crippen LogP contribution in [0.5, 0.6) is 0 Å². The van der Waals surface area contributed by atoms with Gasteiger partial charge in [-0.3, -0.25) is 4.79 Å². The minimum Gasteiger partial charge on any atom is -0.321 e. The molecular weight excluding hydrogens is 335 g/mol. The predicted molar refractivity (Wildman–Crippen MR) is 91.9 cm³/mol. The molecule has 1 heterocycles. The molecule has 0 unspecified atom stereocenters. The zero-order valence-corrected chi connectivity index (χ0v) is 13.4. The third-order valence-electron chi connectivity index (χ3n) is 3.22. The number of imidazole rings is 1. The van der Waals surface area contributed by atoms with Crippen molar-refractivity contribution in [3.05, 3.63) is 64.4 Å². The molecule has 1 aromatic heterocycles. The van der Waals surface area contributed by atoms with Gasteiger partial charge in [0.15, 0.2) is 0 Å². The number of amides is 1. The SMILES string of the molecule is O=C(Cn1cnc2ccccc21)N/N=C/c1c(Cl)cccc1Cl. The highest BCUT2D eigenvalue weighted by atomic mass is 35.5. The first-order valence-corrected chi connectivity index (χ1v) is 7.56. The van der Waals surface area contributed by atoms with Crippen LogP contribution in [0.15, 0.2) is 53.9 Å². The van der Waals surface area contributed by atoms with Gasteiger partial charge in [-0.05, 0) is 24.3 Å². The van der Waals surface area contributed by atoms with E-state index in [1.807, 2.05) is 24.3 Å². The Morgan fingerprint density at radius 1 is 1.17 bits per heavy atom. The van der Waals surface area contributed by atoms with Crippen LogP contribution in [0.4, 0.5) is 0 Å². The van der Waals surface area contributed by atoms with Crippen LogP contribution in [-0.4, -0.2) is 21.7 Å². The first-order valence-electron chi connectivity index (χ1n) is 6.81. The molecule has 5 nitrogen and oxygen atoms in total. The second-order valence-corrected chi connectivity index (χ2v) is 5.60. The van der Waals surface area contributed by atoms with Gasteiger partial charge in [-0.1, -0.05) is 41.4 Å². The van der Waals surface area contributed by atoms with Crippen LogP contribution >= 0.6 is 23.2 Å². The lowest BCUT2D eigenvalue weighted by atomic mass is 10.2. The molecule has 23 heavy (non-hydrogen) atoms. The maximum absolute atomic E-state index is 12.0. The number of hydrogen-bond acceptors (Lipinski definition) is 3. The molecule has 1 N–H and O–H groups in total. The largest absolute Gasteiger partial charge is 0.321 e. The van der Waals surface area contributed by atoms with Crippen LogP contribution in [0, 0.1) is 0 Å². The third kappa shape index (κ3) is 3.52. The quantitative estimate of drug-likeness (QED) is 0.580. The van der Waals surface area contributed by atoms with Crippen LogP contribution in [0.1, 0.15) is 5.56 Å². The second-order valence-electron chi connectivity index (χ2n) is 4.79. The fourth-order valence-corrected chi connectivity index (χ4v) is 2.62. The molecule has 0 saturated heterocycles. The van der Waals surface area contributed by atoms with Gasteiger partial charge in [-0.2, -0.15) is 5.10 Å². The fraction of sp³-hybridized carbons (Fsp3) is 0.0625. The molecule has 0 aliphatic heterocycles. The van der Waals surface area contributed by atoms with Gasteiger partial charge in [-0.25, -0.2) is 10.4 Å². The molecule has 3 rings (SSSR count). The predicted octanol–water partition coefficient (Wildman–Crippen LogP) is 3.49. The molecule has 0 spiro atoms. The number of hydrogen-bond donors (Lipinski definition) is 1. The summed E-state index contributed by atoms with van der Waals surface area (Å²) in [5, 5.41) is 4.83. The first-order chi connectivity index (χ1) is 11.1. The van der Waals surface area contributed by atoms with Gasteiger partial charge in [0.05, 0.1) is 33.6 Å². The average molecular weight is 347 g/mol. The lowest BCUT2D eigenvalue weighted by molar-refractivity contribution is -0.121. The van der Waals surface area contributed by atoms with E-state index in [-0.39, 0.29) is 12.5 Å². The van der Waals surface area contributed by atoms with Crippen LogP contribution in [-0.2, 0) is 11.3 Å². The van der Waals surface area contributed by atoms with Gasteiger partial charge in [0.2, 0.25) is 0 Å². The zero-order chi connectivity index (χ0) is 16.2. The number of halogens is 2. The van der Waals surface area contributed by atoms with E-state index in [1.165, 1.54) is 6.21 Å². The maximum atomic E-state index is 12.0. The number of para-hydroxylation sites is 2. The number of aromatic nitrogens is 2. The van der Waals surface area contributed by atoms with Crippen molar-refractivity contribution >= 4 is 46.4 Å². The Morgan fingerprint density at radius 3 is 2.70 bits per heavy atom. The summed E-state index contributed by atoms with van der Waals surface area (Å²) in [6.07, 6.45) is 3.05. The highest BCUT2D eigenvalue weighted by Crippen LogP contribution is 2.22. The van der Waals surface area contributed by atoms with Crippen LogP contribution < -0.4 is 5.43 Å². The van der Waals surface area contributed by atoms with Gasteiger partial charge in [0.1, 0.15) is 6.54 Å². The summed E-state index contributed by atoms with van der Waals surface area (Å²) in [5.74, 6) is -0.271. The molecule has 0 saturated carbocycles. The molecule has 0 bridgehead atoms. The van der Waals surface area contributed by atoms with E-state index in [1.54, 1.807) is 29.1 Å². The molecule has 0 atom stereocenters. The summed E-state index contributed by atoms with van der Waals surface area (Å²) >= 11 is 12.0. The Bertz CT molecular complexity index is 868. The summed E-state index contributed by atoms with van der Waals surface area (Å²) in [5.41, 5.74) is 4.74. The molecule has 3 aromatic rings. The molecule has 2 aromatic carbocycles. The Hall–Kier alpha value is -2.37. The van der Waals surface area contributed by atoms with Crippen molar-refractivity contribution < 1.29 is 4.79 Å². The van der Waals surface area contributed by atoms with Crippen molar-refractivity contribution in [1.82, 2.24) is 15.0 Å². The summed E-state index contributed by atoms with van der Waals surface area (Å²) in [6, 6.07) is 12.7. The van der Waals surface area contributed by atoms with Crippen molar-refractivity contribution in [2.75, 3.05) is 0 Å². The number of hydrazone groups is 1. The molecule has 116 valence electrons. The number of rotatable bonds is 4. The number of benzene rings is 2. The smallest absolute Gasteiger partial charge is 0.260 e. The number of nitrogens with one attached hydrogen (secondary N) is 1. The van der Waals surface area contributed by atoms with Crippen molar-refractivity contribution in [3.8, 4) is 0 Å². The molecule has 0 radical (unpaired) electrons. The highest BCUT2D eigenvalue weighted by Gasteiger charge is 2.06. The number of fused-ring (bicyclic) bond motifs is 1. The fourth-order valence-electron chi connectivity index (χ4n) is 2.13. The lowest BCUT2D eigenvalue weighted by Gasteiger charge is -2.03. The minimum absolute atomic E-state index is 0.119. The van der Waals surface area contributed by atoms with E-state index in [9.17, 15) is 4.79 Å². The number of carbonyl (C=O) groups is 1. The summed E-state index contributed by atoms with van der Waals surface area (Å²) in [7, 11) is 0. The average Bonchev–Trinajstić information content (AvgIpc) is 2.93. The molecular formula is C16H12Cl2N4O. The monoisotopic (exact) mass is 346 g/mol. The Labute approximate surface area is 142 Å². The molecule has 0 fully saturated rings. The maximum Gasteiger partial charge on any atom is 0.260 e. The van der Waals surface area contributed by atoms with Gasteiger partial charge in [0.25, 0.3) is 5.91 Å². The van der Waals surface area contributed by atoms with Crippen molar-refractivity contribution in [1.29, 1.82) is 0 Å². The number of nitrogens with zero attached hydrogens (tertiary/aromatic N) is 3. The summed E-state index contributed by atoms with van der Waals surface area (Å²) in [6.45, 7) is 0.119. The van der Waals surface area contributed by atoms with Gasteiger partial charge < -0.3 is 4.57 Å². The normalized spacial score (nSPS) is 11.2. The molecule has 0 aliphatic rings. The van der Waals surface area contributed by atoms with Crippen LogP contribution in [0.25, 0.3) is 11.0 Å². The highest BCUT2D eigenvalue weighted by molar-refractivity contribution is 6.38. The van der Waals surface area contributed by atoms with Gasteiger partial charge in [-0.15, -0.1) is 0 Å². The summed E-state index contributed by atoms with van der Waals surface area (Å²) in [4.78, 5) is 16.2. The molecule has 0 aliphatic carbocycles. The van der Waals surface area contributed by atoms with Gasteiger partial charge >= 0.3 is 0 Å². The van der Waals surface area contributed by atoms with E-state index in [0.29, 0.717) is 15.6 Å². The van der Waals surface area contributed by atoms with Gasteiger partial charge in [0, 0.05) is 5.56 Å². The van der Waals surface area contributed by atoms with E-state index >= 15 is 0 Å².